The van der Waals surface area contributed by atoms with Crippen LogP contribution in [-0.4, -0.2) is 40.6 Å². The van der Waals surface area contributed by atoms with Crippen molar-refractivity contribution >= 4 is 5.91 Å². The second-order valence-corrected chi connectivity index (χ2v) is 4.92. The largest absolute Gasteiger partial charge is 0.342 e. The molecule has 0 radical (unpaired) electrons. The quantitative estimate of drug-likeness (QED) is 0.855. The number of rotatable bonds is 3. The van der Waals surface area contributed by atoms with Crippen molar-refractivity contribution in [3.63, 3.8) is 0 Å². The van der Waals surface area contributed by atoms with Gasteiger partial charge in [-0.3, -0.25) is 4.79 Å². The molecule has 1 unspecified atom stereocenters. The molecule has 2 rings (SSSR count). The summed E-state index contributed by atoms with van der Waals surface area (Å²) < 4.78 is 5.18. The van der Waals surface area contributed by atoms with Gasteiger partial charge in [-0.1, -0.05) is 12.1 Å². The van der Waals surface area contributed by atoms with Crippen LogP contribution >= 0.6 is 0 Å². The van der Waals surface area contributed by atoms with Crippen LogP contribution in [0.3, 0.4) is 0 Å². The van der Waals surface area contributed by atoms with Gasteiger partial charge >= 0.3 is 0 Å². The first-order valence-corrected chi connectivity index (χ1v) is 6.41. The van der Waals surface area contributed by atoms with E-state index in [9.17, 15) is 4.79 Å². The molecule has 1 aromatic heterocycles. The van der Waals surface area contributed by atoms with E-state index in [1.807, 2.05) is 18.7 Å². The zero-order chi connectivity index (χ0) is 13.1. The van der Waals surface area contributed by atoms with Crippen LogP contribution in [0.15, 0.2) is 4.52 Å². The summed E-state index contributed by atoms with van der Waals surface area (Å²) >= 11 is 0. The number of aromatic nitrogens is 2. The fourth-order valence-corrected chi connectivity index (χ4v) is 2.24. The molecule has 0 bridgehead atoms. The number of nitrogens with zero attached hydrogens (tertiary/aromatic N) is 3. The highest BCUT2D eigenvalue weighted by molar-refractivity contribution is 5.78. The summed E-state index contributed by atoms with van der Waals surface area (Å²) in [6.45, 7) is 5.58. The lowest BCUT2D eigenvalue weighted by molar-refractivity contribution is -0.135. The van der Waals surface area contributed by atoms with Gasteiger partial charge in [-0.15, -0.1) is 0 Å². The van der Waals surface area contributed by atoms with Gasteiger partial charge in [0.15, 0.2) is 5.82 Å². The summed E-state index contributed by atoms with van der Waals surface area (Å²) in [5, 5.41) is 3.80. The van der Waals surface area contributed by atoms with Gasteiger partial charge in [-0.05, 0) is 19.8 Å². The van der Waals surface area contributed by atoms with Gasteiger partial charge in [0.25, 0.3) is 0 Å². The maximum absolute atomic E-state index is 12.0. The third-order valence-corrected chi connectivity index (χ3v) is 3.47. The number of likely N-dealkylation sites (tertiary alicyclic amines) is 1. The van der Waals surface area contributed by atoms with E-state index in [2.05, 4.69) is 10.1 Å². The summed E-state index contributed by atoms with van der Waals surface area (Å²) in [4.78, 5) is 18.1. The van der Waals surface area contributed by atoms with Gasteiger partial charge in [0.2, 0.25) is 11.8 Å². The fraction of sp³-hybridized carbons (Fsp3) is 0.750. The summed E-state index contributed by atoms with van der Waals surface area (Å²) in [5.41, 5.74) is 5.52. The van der Waals surface area contributed by atoms with Gasteiger partial charge in [-0.2, -0.15) is 4.98 Å². The maximum atomic E-state index is 12.0. The average Bonchev–Trinajstić information content (AvgIpc) is 2.84. The number of hydrogen-bond acceptors (Lipinski definition) is 5. The zero-order valence-corrected chi connectivity index (χ0v) is 10.9. The van der Waals surface area contributed by atoms with Crippen LogP contribution in [-0.2, 0) is 4.79 Å². The lowest BCUT2D eigenvalue weighted by Gasteiger charge is -2.32. The number of nitrogens with two attached hydrogens (primary N) is 1. The number of amides is 1. The number of aryl methyl sites for hydroxylation is 1. The number of hydrogen-bond donors (Lipinski definition) is 1. The van der Waals surface area contributed by atoms with Crippen LogP contribution in [0.1, 0.15) is 37.4 Å². The molecule has 1 fully saturated rings. The second-order valence-electron chi connectivity index (χ2n) is 4.92. The van der Waals surface area contributed by atoms with Crippen molar-refractivity contribution in [1.82, 2.24) is 15.0 Å². The molecule has 1 saturated heterocycles. The summed E-state index contributed by atoms with van der Waals surface area (Å²) in [5.74, 6) is 1.71. The summed E-state index contributed by atoms with van der Waals surface area (Å²) in [6.07, 6.45) is 1.76. The van der Waals surface area contributed by atoms with Crippen LogP contribution in [0, 0.1) is 12.8 Å². The Labute approximate surface area is 107 Å². The Morgan fingerprint density at radius 2 is 2.22 bits per heavy atom. The molecule has 1 aliphatic rings. The van der Waals surface area contributed by atoms with Gasteiger partial charge in [-0.25, -0.2) is 0 Å². The van der Waals surface area contributed by atoms with Crippen molar-refractivity contribution < 1.29 is 9.32 Å². The zero-order valence-electron chi connectivity index (χ0n) is 10.9. The SMILES string of the molecule is Cc1noc(C2CCN(C(=O)C(C)CN)CC2)n1. The Morgan fingerprint density at radius 1 is 1.56 bits per heavy atom. The van der Waals surface area contributed by atoms with Crippen LogP contribution in [0.2, 0.25) is 0 Å². The normalized spacial score (nSPS) is 18.9. The molecule has 0 spiro atoms. The van der Waals surface area contributed by atoms with Crippen LogP contribution in [0.25, 0.3) is 0 Å². The minimum Gasteiger partial charge on any atom is -0.342 e. The molecule has 0 aliphatic carbocycles. The van der Waals surface area contributed by atoms with Gasteiger partial charge in [0, 0.05) is 31.5 Å². The molecule has 1 amide bonds. The highest BCUT2D eigenvalue weighted by atomic mass is 16.5. The predicted octanol–water partition coefficient (Wildman–Crippen LogP) is 0.679. The van der Waals surface area contributed by atoms with E-state index in [1.165, 1.54) is 0 Å². The van der Waals surface area contributed by atoms with Crippen molar-refractivity contribution in [3.05, 3.63) is 11.7 Å². The first-order chi connectivity index (χ1) is 8.61. The molecule has 0 saturated carbocycles. The smallest absolute Gasteiger partial charge is 0.229 e. The number of carbonyl (C=O) groups is 1. The number of piperidine rings is 1. The molecule has 0 aromatic carbocycles. The molecule has 2 heterocycles. The van der Waals surface area contributed by atoms with Crippen LogP contribution in [0.5, 0.6) is 0 Å². The maximum Gasteiger partial charge on any atom is 0.229 e. The summed E-state index contributed by atoms with van der Waals surface area (Å²) in [7, 11) is 0. The van der Waals surface area contributed by atoms with Crippen molar-refractivity contribution in [3.8, 4) is 0 Å². The minimum absolute atomic E-state index is 0.0906. The highest BCUT2D eigenvalue weighted by Gasteiger charge is 2.28. The highest BCUT2D eigenvalue weighted by Crippen LogP contribution is 2.27. The molecule has 2 N–H and O–H groups in total. The van der Waals surface area contributed by atoms with Gasteiger partial charge < -0.3 is 15.2 Å². The molecule has 6 nitrogen and oxygen atoms in total. The van der Waals surface area contributed by atoms with Gasteiger partial charge in [0.1, 0.15) is 0 Å². The molecule has 6 heteroatoms. The van der Waals surface area contributed by atoms with E-state index in [0.717, 1.165) is 25.9 Å². The third-order valence-electron chi connectivity index (χ3n) is 3.47. The molecule has 18 heavy (non-hydrogen) atoms. The van der Waals surface area contributed by atoms with Crippen molar-refractivity contribution in [1.29, 1.82) is 0 Å². The van der Waals surface area contributed by atoms with E-state index >= 15 is 0 Å². The first kappa shape index (κ1) is 13.0. The van der Waals surface area contributed by atoms with E-state index in [-0.39, 0.29) is 17.7 Å². The third kappa shape index (κ3) is 2.69. The Kier molecular flexibility index (Phi) is 3.96. The standard InChI is InChI=1S/C12H20N4O2/c1-8(7-13)12(17)16-5-3-10(4-6-16)11-14-9(2)15-18-11/h8,10H,3-7,13H2,1-2H3. The topological polar surface area (TPSA) is 85.2 Å². The Morgan fingerprint density at radius 3 is 2.72 bits per heavy atom. The van der Waals surface area contributed by atoms with E-state index < -0.39 is 0 Å². The van der Waals surface area contributed by atoms with Crippen molar-refractivity contribution in [2.75, 3.05) is 19.6 Å². The first-order valence-electron chi connectivity index (χ1n) is 6.41. The van der Waals surface area contributed by atoms with Crippen molar-refractivity contribution in [2.24, 2.45) is 11.7 Å². The van der Waals surface area contributed by atoms with Crippen molar-refractivity contribution in [2.45, 2.75) is 32.6 Å². The average molecular weight is 252 g/mol. The molecule has 100 valence electrons. The Bertz CT molecular complexity index is 410. The van der Waals surface area contributed by atoms with Crippen LogP contribution < -0.4 is 5.73 Å². The van der Waals surface area contributed by atoms with E-state index in [0.29, 0.717) is 18.3 Å². The molecular weight excluding hydrogens is 232 g/mol. The predicted molar refractivity (Wildman–Crippen MR) is 65.8 cm³/mol. The molecule has 1 atom stereocenters. The second kappa shape index (κ2) is 5.48. The summed E-state index contributed by atoms with van der Waals surface area (Å²) in [6, 6.07) is 0. The Balaban J connectivity index is 1.90. The van der Waals surface area contributed by atoms with E-state index in [1.54, 1.807) is 0 Å². The van der Waals surface area contributed by atoms with Crippen LogP contribution in [0.4, 0.5) is 0 Å². The monoisotopic (exact) mass is 252 g/mol. The minimum atomic E-state index is -0.0906. The van der Waals surface area contributed by atoms with Gasteiger partial charge in [0.05, 0.1) is 0 Å². The molecule has 1 aliphatic heterocycles. The van der Waals surface area contributed by atoms with E-state index in [4.69, 9.17) is 10.3 Å². The Hall–Kier alpha value is -1.43. The lowest BCUT2D eigenvalue weighted by Crippen LogP contribution is -2.42. The number of carbonyl (C=O) groups excluding carboxylic acids is 1. The molecular formula is C12H20N4O2. The molecule has 1 aromatic rings. The lowest BCUT2D eigenvalue weighted by atomic mass is 9.96. The fourth-order valence-electron chi connectivity index (χ4n) is 2.24.